The molecule has 2 aromatic carbocycles. The Balaban J connectivity index is 1.55. The van der Waals surface area contributed by atoms with Crippen LogP contribution in [0.5, 0.6) is 0 Å². The first-order valence-corrected chi connectivity index (χ1v) is 8.32. The molecule has 0 unspecified atom stereocenters. The minimum Gasteiger partial charge on any atom is -0.439 e. The quantitative estimate of drug-likeness (QED) is 0.703. The molecule has 0 bridgehead atoms. The minimum atomic E-state index is -0.398. The lowest BCUT2D eigenvalue weighted by Gasteiger charge is -2.14. The Morgan fingerprint density at radius 2 is 2.04 bits per heavy atom. The molecular weight excluding hydrogens is 357 g/mol. The normalized spacial score (nSPS) is 10.9. The van der Waals surface area contributed by atoms with E-state index in [9.17, 15) is 9.18 Å². The highest BCUT2D eigenvalue weighted by Crippen LogP contribution is 2.22. The molecule has 0 fully saturated rings. The molecule has 0 aliphatic carbocycles. The molecule has 0 saturated heterocycles. The van der Waals surface area contributed by atoms with Crippen molar-refractivity contribution in [2.75, 3.05) is 18.9 Å². The molecule has 1 amide bonds. The van der Waals surface area contributed by atoms with Gasteiger partial charge in [-0.15, -0.1) is 0 Å². The molecule has 0 saturated carbocycles. The van der Waals surface area contributed by atoms with E-state index in [2.05, 4.69) is 10.3 Å². The first-order valence-electron chi connectivity index (χ1n) is 7.94. The summed E-state index contributed by atoms with van der Waals surface area (Å²) < 4.78 is 18.9. The molecule has 1 heterocycles. The predicted octanol–water partition coefficient (Wildman–Crippen LogP) is 4.20. The minimum absolute atomic E-state index is 0.120. The number of nitrogens with one attached hydrogen (secondary N) is 1. The van der Waals surface area contributed by atoms with Gasteiger partial charge in [0.1, 0.15) is 5.82 Å². The summed E-state index contributed by atoms with van der Waals surface area (Å²) in [5.41, 5.74) is 1.30. The van der Waals surface area contributed by atoms with E-state index in [0.717, 1.165) is 5.56 Å². The van der Waals surface area contributed by atoms with Crippen molar-refractivity contribution in [1.29, 1.82) is 0 Å². The van der Waals surface area contributed by atoms with E-state index < -0.39 is 5.82 Å². The van der Waals surface area contributed by atoms with Gasteiger partial charge in [-0.3, -0.25) is 9.69 Å². The zero-order valence-corrected chi connectivity index (χ0v) is 14.8. The molecule has 3 aromatic rings. The number of halogens is 2. The van der Waals surface area contributed by atoms with E-state index in [1.807, 2.05) is 12.1 Å². The molecule has 1 N–H and O–H groups in total. The van der Waals surface area contributed by atoms with Crippen LogP contribution >= 0.6 is 11.6 Å². The van der Waals surface area contributed by atoms with Gasteiger partial charge in [-0.1, -0.05) is 17.7 Å². The second-order valence-electron chi connectivity index (χ2n) is 5.86. The van der Waals surface area contributed by atoms with Gasteiger partial charge in [0, 0.05) is 16.3 Å². The molecule has 0 atom stereocenters. The average molecular weight is 374 g/mol. The number of amides is 1. The van der Waals surface area contributed by atoms with Crippen molar-refractivity contribution < 1.29 is 13.6 Å². The third-order valence-corrected chi connectivity index (χ3v) is 3.86. The topological polar surface area (TPSA) is 58.4 Å². The van der Waals surface area contributed by atoms with Crippen molar-refractivity contribution >= 4 is 23.2 Å². The fourth-order valence-electron chi connectivity index (χ4n) is 2.43. The number of anilines is 1. The highest BCUT2D eigenvalue weighted by molar-refractivity contribution is 6.30. The number of likely N-dealkylation sites (N-methyl/N-ethyl adjacent to an activating group) is 1. The van der Waals surface area contributed by atoms with Crippen LogP contribution in [-0.4, -0.2) is 29.4 Å². The van der Waals surface area contributed by atoms with E-state index in [4.69, 9.17) is 16.0 Å². The molecule has 26 heavy (non-hydrogen) atoms. The van der Waals surface area contributed by atoms with Crippen molar-refractivity contribution in [3.63, 3.8) is 0 Å². The van der Waals surface area contributed by atoms with Gasteiger partial charge in [0.2, 0.25) is 11.8 Å². The molecule has 0 spiro atoms. The first kappa shape index (κ1) is 18.1. The van der Waals surface area contributed by atoms with Crippen molar-refractivity contribution in [1.82, 2.24) is 9.88 Å². The standard InChI is InChI=1S/C19H17ClFN3O2/c1-24(11-18(25)23-16-4-2-3-15(21)9-16)12-19-22-10-17(26-19)13-5-7-14(20)8-6-13/h2-10H,11-12H2,1H3,(H,23,25). The largest absolute Gasteiger partial charge is 0.439 e. The molecule has 1 aromatic heterocycles. The Morgan fingerprint density at radius 3 is 2.77 bits per heavy atom. The first-order chi connectivity index (χ1) is 12.5. The maximum absolute atomic E-state index is 13.1. The van der Waals surface area contributed by atoms with Crippen LogP contribution in [-0.2, 0) is 11.3 Å². The summed E-state index contributed by atoms with van der Waals surface area (Å²) in [6, 6.07) is 13.0. The Kier molecular flexibility index (Phi) is 5.65. The number of carbonyl (C=O) groups excluding carboxylic acids is 1. The molecule has 0 aliphatic heterocycles. The molecule has 0 aliphatic rings. The molecular formula is C19H17ClFN3O2. The van der Waals surface area contributed by atoms with E-state index >= 15 is 0 Å². The summed E-state index contributed by atoms with van der Waals surface area (Å²) >= 11 is 5.88. The fourth-order valence-corrected chi connectivity index (χ4v) is 2.56. The number of hydrogen-bond donors (Lipinski definition) is 1. The van der Waals surface area contributed by atoms with Crippen LogP contribution in [0.15, 0.2) is 59.1 Å². The van der Waals surface area contributed by atoms with Gasteiger partial charge in [-0.05, 0) is 49.5 Å². The molecule has 134 valence electrons. The van der Waals surface area contributed by atoms with Crippen LogP contribution in [0.1, 0.15) is 5.89 Å². The van der Waals surface area contributed by atoms with E-state index in [1.54, 1.807) is 42.4 Å². The van der Waals surface area contributed by atoms with E-state index in [1.165, 1.54) is 12.1 Å². The monoisotopic (exact) mass is 373 g/mol. The second-order valence-corrected chi connectivity index (χ2v) is 6.29. The van der Waals surface area contributed by atoms with Crippen LogP contribution in [0.3, 0.4) is 0 Å². The Labute approximate surface area is 155 Å². The van der Waals surface area contributed by atoms with Gasteiger partial charge in [0.25, 0.3) is 0 Å². The molecule has 5 nitrogen and oxygen atoms in total. The molecule has 7 heteroatoms. The van der Waals surface area contributed by atoms with Crippen molar-refractivity contribution in [2.45, 2.75) is 6.54 Å². The zero-order valence-electron chi connectivity index (χ0n) is 14.1. The van der Waals surface area contributed by atoms with E-state index in [0.29, 0.717) is 28.9 Å². The number of benzene rings is 2. The van der Waals surface area contributed by atoms with Gasteiger partial charge in [-0.2, -0.15) is 0 Å². The maximum Gasteiger partial charge on any atom is 0.238 e. The van der Waals surface area contributed by atoms with Crippen LogP contribution in [0.4, 0.5) is 10.1 Å². The third-order valence-electron chi connectivity index (χ3n) is 3.61. The lowest BCUT2D eigenvalue weighted by molar-refractivity contribution is -0.117. The van der Waals surface area contributed by atoms with Gasteiger partial charge < -0.3 is 9.73 Å². The lowest BCUT2D eigenvalue weighted by atomic mass is 10.2. The second kappa shape index (κ2) is 8.12. The van der Waals surface area contributed by atoms with Crippen LogP contribution in [0.25, 0.3) is 11.3 Å². The van der Waals surface area contributed by atoms with Gasteiger partial charge >= 0.3 is 0 Å². The van der Waals surface area contributed by atoms with Crippen molar-refractivity contribution in [3.05, 3.63) is 71.5 Å². The van der Waals surface area contributed by atoms with E-state index in [-0.39, 0.29) is 12.5 Å². The molecule has 0 radical (unpaired) electrons. The summed E-state index contributed by atoms with van der Waals surface area (Å²) in [4.78, 5) is 18.0. The predicted molar refractivity (Wildman–Crippen MR) is 98.3 cm³/mol. The Hall–Kier alpha value is -2.70. The fraction of sp³-hybridized carbons (Fsp3) is 0.158. The number of aromatic nitrogens is 1. The highest BCUT2D eigenvalue weighted by atomic mass is 35.5. The molecule has 3 rings (SSSR count). The summed E-state index contributed by atoms with van der Waals surface area (Å²) in [7, 11) is 1.78. The zero-order chi connectivity index (χ0) is 18.5. The summed E-state index contributed by atoms with van der Waals surface area (Å²) in [6.45, 7) is 0.485. The van der Waals surface area contributed by atoms with Crippen molar-refractivity contribution in [3.8, 4) is 11.3 Å². The summed E-state index contributed by atoms with van der Waals surface area (Å²) in [5.74, 6) is 0.485. The summed E-state index contributed by atoms with van der Waals surface area (Å²) in [6.07, 6.45) is 1.64. The number of oxazole rings is 1. The Bertz CT molecular complexity index is 896. The smallest absolute Gasteiger partial charge is 0.238 e. The van der Waals surface area contributed by atoms with Crippen LogP contribution in [0, 0.1) is 5.82 Å². The summed E-state index contributed by atoms with van der Waals surface area (Å²) in [5, 5.41) is 3.30. The van der Waals surface area contributed by atoms with Crippen LogP contribution < -0.4 is 5.32 Å². The Morgan fingerprint density at radius 1 is 1.27 bits per heavy atom. The number of rotatable bonds is 6. The maximum atomic E-state index is 13.1. The lowest BCUT2D eigenvalue weighted by Crippen LogP contribution is -2.29. The van der Waals surface area contributed by atoms with Gasteiger partial charge in [-0.25, -0.2) is 9.37 Å². The number of nitrogens with zero attached hydrogens (tertiary/aromatic N) is 2. The average Bonchev–Trinajstić information content (AvgIpc) is 3.03. The number of hydrogen-bond acceptors (Lipinski definition) is 4. The highest BCUT2D eigenvalue weighted by Gasteiger charge is 2.12. The SMILES string of the molecule is CN(CC(=O)Nc1cccc(F)c1)Cc1ncc(-c2ccc(Cl)cc2)o1. The van der Waals surface area contributed by atoms with Crippen molar-refractivity contribution in [2.24, 2.45) is 0 Å². The number of carbonyl (C=O) groups is 1. The van der Waals surface area contributed by atoms with Gasteiger partial charge in [0.15, 0.2) is 5.76 Å². The third kappa shape index (κ3) is 4.91. The van der Waals surface area contributed by atoms with Gasteiger partial charge in [0.05, 0.1) is 19.3 Å². The van der Waals surface area contributed by atoms with Crippen LogP contribution in [0.2, 0.25) is 5.02 Å².